The summed E-state index contributed by atoms with van der Waals surface area (Å²) in [6.45, 7) is 2.47. The average Bonchev–Trinajstić information content (AvgIpc) is 3.88. The molecule has 2 aliphatic rings. The quantitative estimate of drug-likeness (QED) is 0.101. The fourth-order valence-corrected chi connectivity index (χ4v) is 6.01. The Morgan fingerprint density at radius 2 is 1.17 bits per heavy atom. The summed E-state index contributed by atoms with van der Waals surface area (Å²) < 4.78 is 19.3. The lowest BCUT2D eigenvalue weighted by atomic mass is 10.1. The highest BCUT2D eigenvalue weighted by Gasteiger charge is 2.34. The Hall–Kier alpha value is -4.56. The predicted octanol–water partition coefficient (Wildman–Crippen LogP) is 1.10. The number of nitrogens with zero attached hydrogens (tertiary/aromatic N) is 4. The molecule has 2 saturated heterocycles. The van der Waals surface area contributed by atoms with Gasteiger partial charge in [-0.05, 0) is 37.8 Å². The third-order valence-corrected chi connectivity index (χ3v) is 8.59. The number of unbranched alkanes of at least 4 members (excludes halogenated alkanes) is 2. The van der Waals surface area contributed by atoms with E-state index in [1.54, 1.807) is 24.3 Å². The third kappa shape index (κ3) is 10.5. The molecule has 2 aromatic heterocycles. The maximum atomic E-state index is 13.1. The fourth-order valence-electron chi connectivity index (χ4n) is 6.01. The number of benzene rings is 1. The molecule has 0 bridgehead atoms. The first-order valence-electron chi connectivity index (χ1n) is 16.8. The van der Waals surface area contributed by atoms with Crippen LogP contribution in [0.1, 0.15) is 51.4 Å². The maximum Gasteiger partial charge on any atom is 0.306 e. The van der Waals surface area contributed by atoms with E-state index in [1.807, 2.05) is 60.7 Å². The van der Waals surface area contributed by atoms with Crippen LogP contribution < -0.4 is 30.4 Å². The van der Waals surface area contributed by atoms with E-state index >= 15 is 0 Å². The molecule has 0 radical (unpaired) electrons. The minimum absolute atomic E-state index is 0.260. The maximum absolute atomic E-state index is 13.1. The number of anilines is 2. The molecule has 0 spiro atoms. The second kappa shape index (κ2) is 17.0. The number of para-hydroxylation sites is 2. The van der Waals surface area contributed by atoms with Crippen molar-refractivity contribution in [3.05, 3.63) is 61.7 Å². The lowest BCUT2D eigenvalue weighted by Crippen LogP contribution is -2.37. The van der Waals surface area contributed by atoms with E-state index in [-0.39, 0.29) is 36.0 Å². The molecule has 2 fully saturated rings. The number of hydrogen-bond donors (Lipinski definition) is 4. The van der Waals surface area contributed by atoms with Crippen molar-refractivity contribution >= 4 is 35.1 Å². The Labute approximate surface area is 280 Å². The molecule has 0 aliphatic carbocycles. The van der Waals surface area contributed by atoms with Gasteiger partial charge < -0.3 is 30.7 Å². The van der Waals surface area contributed by atoms with Crippen LogP contribution in [0.25, 0.3) is 0 Å². The van der Waals surface area contributed by atoms with Crippen LogP contribution in [0.5, 0.6) is 0 Å². The molecular formula is C34H48N8O6+2. The van der Waals surface area contributed by atoms with E-state index in [0.717, 1.165) is 38.8 Å². The van der Waals surface area contributed by atoms with Gasteiger partial charge in [0.05, 0.1) is 50.6 Å². The van der Waals surface area contributed by atoms with Crippen LogP contribution in [-0.4, -0.2) is 70.3 Å². The fraction of sp³-hybridized carbons (Fsp3) is 0.529. The molecule has 0 saturated carbocycles. The van der Waals surface area contributed by atoms with Gasteiger partial charge in [0, 0.05) is 38.8 Å². The van der Waals surface area contributed by atoms with Crippen molar-refractivity contribution in [2.24, 2.45) is 14.1 Å². The first-order chi connectivity index (χ1) is 23.2. The summed E-state index contributed by atoms with van der Waals surface area (Å²) in [6.07, 6.45) is 15.8. The molecule has 1 aromatic carbocycles. The molecule has 14 nitrogen and oxygen atoms in total. The van der Waals surface area contributed by atoms with Crippen molar-refractivity contribution in [2.45, 2.75) is 88.7 Å². The van der Waals surface area contributed by atoms with E-state index < -0.39 is 12.1 Å². The van der Waals surface area contributed by atoms with Crippen molar-refractivity contribution in [2.75, 3.05) is 23.7 Å². The summed E-state index contributed by atoms with van der Waals surface area (Å²) in [5, 5.41) is 12.1. The van der Waals surface area contributed by atoms with Crippen LogP contribution >= 0.6 is 0 Å². The van der Waals surface area contributed by atoms with E-state index in [9.17, 15) is 19.2 Å². The zero-order valence-corrected chi connectivity index (χ0v) is 27.8. The lowest BCUT2D eigenvalue weighted by molar-refractivity contribution is -0.671. The summed E-state index contributed by atoms with van der Waals surface area (Å²) in [5.74, 6) is -1.07. The van der Waals surface area contributed by atoms with Crippen molar-refractivity contribution in [3.63, 3.8) is 0 Å². The van der Waals surface area contributed by atoms with Gasteiger partial charge in [-0.3, -0.25) is 19.2 Å². The first kappa shape index (κ1) is 34.8. The summed E-state index contributed by atoms with van der Waals surface area (Å²) >= 11 is 0. The summed E-state index contributed by atoms with van der Waals surface area (Å²) in [7, 11) is 3.94. The van der Waals surface area contributed by atoms with Gasteiger partial charge in [0.1, 0.15) is 37.0 Å². The van der Waals surface area contributed by atoms with Crippen LogP contribution in [0.2, 0.25) is 0 Å². The number of aryl methyl sites for hydroxylation is 4. The highest BCUT2D eigenvalue weighted by Crippen LogP contribution is 2.24. The van der Waals surface area contributed by atoms with Crippen molar-refractivity contribution in [3.8, 4) is 0 Å². The molecule has 2 amide bonds. The monoisotopic (exact) mass is 664 g/mol. The van der Waals surface area contributed by atoms with Gasteiger partial charge in [-0.25, -0.2) is 18.3 Å². The largest absolute Gasteiger partial charge is 0.461 e. The highest BCUT2D eigenvalue weighted by atomic mass is 16.5. The zero-order chi connectivity index (χ0) is 33.9. The molecule has 4 atom stereocenters. The Morgan fingerprint density at radius 1 is 0.729 bits per heavy atom. The average molecular weight is 665 g/mol. The van der Waals surface area contributed by atoms with Crippen LogP contribution in [0.4, 0.5) is 11.4 Å². The van der Waals surface area contributed by atoms with Gasteiger partial charge in [-0.2, -0.15) is 0 Å². The van der Waals surface area contributed by atoms with E-state index in [0.29, 0.717) is 50.1 Å². The topological polar surface area (TPSA) is 152 Å². The van der Waals surface area contributed by atoms with Gasteiger partial charge in [0.25, 0.3) is 0 Å². The second-order valence-corrected chi connectivity index (χ2v) is 12.7. The number of carbonyl (C=O) groups excluding carboxylic acids is 4. The van der Waals surface area contributed by atoms with Gasteiger partial charge in [0.15, 0.2) is 0 Å². The summed E-state index contributed by atoms with van der Waals surface area (Å²) in [4.78, 5) is 51.0. The summed E-state index contributed by atoms with van der Waals surface area (Å²) in [6, 6.07) is 5.91. The van der Waals surface area contributed by atoms with Crippen molar-refractivity contribution in [1.29, 1.82) is 0 Å². The van der Waals surface area contributed by atoms with Crippen LogP contribution in [0, 0.1) is 0 Å². The standard InChI is InChI=1S/C34H46N8O6/c1-39-15-17-41(23-39)13-7-5-11-31(43)47-25-19-29(35-21-25)33(45)37-27-9-3-4-10-28(27)38-34(46)30-20-26(22-36-30)48-32(44)12-6-8-14-42-18-16-40(2)24-42/h3-4,9-10,15-18,23-26,29-30,35-36H,5-8,11-14,19-22H2,1-2H3/p+2/t25-,26-,29+,30+/m1/s1. The molecule has 258 valence electrons. The van der Waals surface area contributed by atoms with Crippen molar-refractivity contribution in [1.82, 2.24) is 19.8 Å². The zero-order valence-electron chi connectivity index (χ0n) is 27.8. The number of rotatable bonds is 16. The normalized spacial score (nSPS) is 20.4. The number of aromatic nitrogens is 4. The number of amides is 2. The number of hydrogen-bond acceptors (Lipinski definition) is 8. The molecule has 2 aliphatic heterocycles. The second-order valence-electron chi connectivity index (χ2n) is 12.7. The summed E-state index contributed by atoms with van der Waals surface area (Å²) in [5.41, 5.74) is 0.924. The van der Waals surface area contributed by atoms with Gasteiger partial charge in [0.2, 0.25) is 24.5 Å². The minimum atomic E-state index is -0.537. The molecule has 48 heavy (non-hydrogen) atoms. The van der Waals surface area contributed by atoms with E-state index in [2.05, 4.69) is 30.4 Å². The SMILES string of the molecule is C[n+]1ccn(CCCCC(=O)O[C@H]2CN[C@H](C(=O)Nc3ccccc3NC(=O)[C@@H]3C[C@@H](OC(=O)CCCCn4cc[n+](C)c4)CN3)C2)c1. The smallest absolute Gasteiger partial charge is 0.306 e. The highest BCUT2D eigenvalue weighted by molar-refractivity contribution is 6.02. The molecule has 0 unspecified atom stereocenters. The Bertz CT molecular complexity index is 1440. The van der Waals surface area contributed by atoms with Crippen LogP contribution in [-0.2, 0) is 55.8 Å². The molecule has 14 heteroatoms. The van der Waals surface area contributed by atoms with Crippen molar-refractivity contribution < 1.29 is 37.8 Å². The molecular weight excluding hydrogens is 616 g/mol. The predicted molar refractivity (Wildman–Crippen MR) is 175 cm³/mol. The van der Waals surface area contributed by atoms with Crippen LogP contribution in [0.3, 0.4) is 0 Å². The number of carbonyl (C=O) groups is 4. The lowest BCUT2D eigenvalue weighted by Gasteiger charge is -2.17. The van der Waals surface area contributed by atoms with E-state index in [1.165, 1.54) is 0 Å². The Morgan fingerprint density at radius 3 is 1.56 bits per heavy atom. The number of nitrogens with one attached hydrogen (secondary N) is 4. The van der Waals surface area contributed by atoms with Gasteiger partial charge in [-0.1, -0.05) is 12.1 Å². The van der Waals surface area contributed by atoms with Gasteiger partial charge in [-0.15, -0.1) is 0 Å². The molecule has 4 N–H and O–H groups in total. The Balaban J connectivity index is 0.992. The number of ether oxygens (including phenoxy) is 2. The van der Waals surface area contributed by atoms with E-state index in [4.69, 9.17) is 9.47 Å². The first-order valence-corrected chi connectivity index (χ1v) is 16.8. The van der Waals surface area contributed by atoms with Gasteiger partial charge >= 0.3 is 11.9 Å². The molecule has 5 rings (SSSR count). The number of esters is 2. The third-order valence-electron chi connectivity index (χ3n) is 8.59. The molecule has 3 aromatic rings. The Kier molecular flexibility index (Phi) is 12.3. The molecule has 4 heterocycles. The van der Waals surface area contributed by atoms with Crippen LogP contribution in [0.15, 0.2) is 61.7 Å². The number of imidazole rings is 2. The minimum Gasteiger partial charge on any atom is -0.461 e.